The summed E-state index contributed by atoms with van der Waals surface area (Å²) in [6, 6.07) is 13.8. The second-order valence-corrected chi connectivity index (χ2v) is 4.29. The summed E-state index contributed by atoms with van der Waals surface area (Å²) < 4.78 is 18.5. The summed E-state index contributed by atoms with van der Waals surface area (Å²) in [5.41, 5.74) is 2.70. The van der Waals surface area contributed by atoms with E-state index in [0.29, 0.717) is 17.3 Å². The van der Waals surface area contributed by atoms with Gasteiger partial charge in [-0.1, -0.05) is 17.7 Å². The van der Waals surface area contributed by atoms with Crippen molar-refractivity contribution < 1.29 is 8.81 Å². The standard InChI is InChI=1S/C15H11FN2O/c1-10-3-2-4-12(9-10)15-18-17-14(19-15)11-5-7-13(16)8-6-11/h2-9H,1H3. The van der Waals surface area contributed by atoms with Gasteiger partial charge in [0, 0.05) is 11.1 Å². The topological polar surface area (TPSA) is 38.9 Å². The molecule has 0 saturated heterocycles. The van der Waals surface area contributed by atoms with E-state index in [4.69, 9.17) is 4.42 Å². The van der Waals surface area contributed by atoms with Crippen LogP contribution in [0.3, 0.4) is 0 Å². The van der Waals surface area contributed by atoms with E-state index < -0.39 is 0 Å². The van der Waals surface area contributed by atoms with Crippen molar-refractivity contribution in [1.82, 2.24) is 10.2 Å². The van der Waals surface area contributed by atoms with Gasteiger partial charge >= 0.3 is 0 Å². The Kier molecular flexibility index (Phi) is 2.83. The third kappa shape index (κ3) is 2.38. The molecule has 3 aromatic rings. The van der Waals surface area contributed by atoms with Crippen LogP contribution in [0.1, 0.15) is 5.56 Å². The maximum absolute atomic E-state index is 12.9. The molecule has 0 radical (unpaired) electrons. The average Bonchev–Trinajstić information content (AvgIpc) is 2.89. The highest BCUT2D eigenvalue weighted by atomic mass is 19.1. The van der Waals surface area contributed by atoms with Crippen LogP contribution >= 0.6 is 0 Å². The van der Waals surface area contributed by atoms with Crippen molar-refractivity contribution in [1.29, 1.82) is 0 Å². The second kappa shape index (κ2) is 4.65. The molecule has 1 aromatic heterocycles. The maximum atomic E-state index is 12.9. The van der Waals surface area contributed by atoms with E-state index in [1.165, 1.54) is 12.1 Å². The number of nitrogens with zero attached hydrogens (tertiary/aromatic N) is 2. The lowest BCUT2D eigenvalue weighted by Crippen LogP contribution is -1.79. The van der Waals surface area contributed by atoms with Gasteiger partial charge in [0.25, 0.3) is 0 Å². The first-order valence-corrected chi connectivity index (χ1v) is 5.89. The second-order valence-electron chi connectivity index (χ2n) is 4.29. The van der Waals surface area contributed by atoms with E-state index in [9.17, 15) is 4.39 Å². The summed E-state index contributed by atoms with van der Waals surface area (Å²) in [4.78, 5) is 0. The minimum atomic E-state index is -0.290. The molecule has 0 aliphatic rings. The summed E-state index contributed by atoms with van der Waals surface area (Å²) >= 11 is 0. The Hall–Kier alpha value is -2.49. The number of halogens is 1. The van der Waals surface area contributed by atoms with Gasteiger partial charge < -0.3 is 4.42 Å². The molecule has 2 aromatic carbocycles. The van der Waals surface area contributed by atoms with Gasteiger partial charge in [-0.15, -0.1) is 10.2 Å². The lowest BCUT2D eigenvalue weighted by atomic mass is 10.1. The van der Waals surface area contributed by atoms with Gasteiger partial charge in [-0.25, -0.2) is 4.39 Å². The van der Waals surface area contributed by atoms with Gasteiger partial charge in [-0.2, -0.15) is 0 Å². The third-order valence-electron chi connectivity index (χ3n) is 2.78. The molecule has 3 nitrogen and oxygen atoms in total. The number of hydrogen-bond acceptors (Lipinski definition) is 3. The summed E-state index contributed by atoms with van der Waals surface area (Å²) in [5, 5.41) is 8.00. The number of aryl methyl sites for hydroxylation is 1. The normalized spacial score (nSPS) is 10.6. The smallest absolute Gasteiger partial charge is 0.248 e. The molecule has 19 heavy (non-hydrogen) atoms. The Morgan fingerprint density at radius 1 is 0.895 bits per heavy atom. The maximum Gasteiger partial charge on any atom is 0.248 e. The van der Waals surface area contributed by atoms with Crippen molar-refractivity contribution in [3.8, 4) is 22.9 Å². The molecule has 0 aliphatic carbocycles. The summed E-state index contributed by atoms with van der Waals surface area (Å²) in [6.45, 7) is 2.00. The van der Waals surface area contributed by atoms with E-state index in [-0.39, 0.29) is 5.82 Å². The molecule has 0 aliphatic heterocycles. The molecule has 0 spiro atoms. The molecule has 1 heterocycles. The molecular formula is C15H11FN2O. The molecule has 4 heteroatoms. The molecule has 0 N–H and O–H groups in total. The highest BCUT2D eigenvalue weighted by Gasteiger charge is 2.10. The highest BCUT2D eigenvalue weighted by Crippen LogP contribution is 2.24. The number of benzene rings is 2. The lowest BCUT2D eigenvalue weighted by Gasteiger charge is -1.96. The minimum absolute atomic E-state index is 0.290. The van der Waals surface area contributed by atoms with Gasteiger partial charge in [0.15, 0.2) is 0 Å². The Bertz CT molecular complexity index is 704. The average molecular weight is 254 g/mol. The Labute approximate surface area is 109 Å². The third-order valence-corrected chi connectivity index (χ3v) is 2.78. The van der Waals surface area contributed by atoms with Crippen molar-refractivity contribution in [3.05, 3.63) is 59.9 Å². The first kappa shape index (κ1) is 11.6. The van der Waals surface area contributed by atoms with E-state index in [1.54, 1.807) is 12.1 Å². The SMILES string of the molecule is Cc1cccc(-c2nnc(-c3ccc(F)cc3)o2)c1. The lowest BCUT2D eigenvalue weighted by molar-refractivity contribution is 0.584. The fourth-order valence-electron chi connectivity index (χ4n) is 1.83. The van der Waals surface area contributed by atoms with Crippen LogP contribution in [0.5, 0.6) is 0 Å². The predicted molar refractivity (Wildman–Crippen MR) is 69.9 cm³/mol. The van der Waals surface area contributed by atoms with Crippen LogP contribution in [-0.2, 0) is 0 Å². The molecule has 0 amide bonds. The highest BCUT2D eigenvalue weighted by molar-refractivity contribution is 5.58. The largest absolute Gasteiger partial charge is 0.416 e. The van der Waals surface area contributed by atoms with Crippen LogP contribution in [0.4, 0.5) is 4.39 Å². The Balaban J connectivity index is 1.97. The van der Waals surface area contributed by atoms with E-state index in [0.717, 1.165) is 11.1 Å². The Morgan fingerprint density at radius 2 is 1.58 bits per heavy atom. The van der Waals surface area contributed by atoms with Gasteiger partial charge in [0.2, 0.25) is 11.8 Å². The number of aromatic nitrogens is 2. The molecule has 0 unspecified atom stereocenters. The fraction of sp³-hybridized carbons (Fsp3) is 0.0667. The summed E-state index contributed by atoms with van der Waals surface area (Å²) in [7, 11) is 0. The zero-order valence-electron chi connectivity index (χ0n) is 10.3. The zero-order chi connectivity index (χ0) is 13.2. The van der Waals surface area contributed by atoms with Crippen molar-refractivity contribution in [2.45, 2.75) is 6.92 Å². The van der Waals surface area contributed by atoms with Crippen molar-refractivity contribution in [3.63, 3.8) is 0 Å². The first-order chi connectivity index (χ1) is 9.22. The fourth-order valence-corrected chi connectivity index (χ4v) is 1.83. The predicted octanol–water partition coefficient (Wildman–Crippen LogP) is 3.85. The molecule has 0 fully saturated rings. The zero-order valence-corrected chi connectivity index (χ0v) is 10.3. The van der Waals surface area contributed by atoms with E-state index in [1.807, 2.05) is 31.2 Å². The van der Waals surface area contributed by atoms with Gasteiger partial charge in [-0.3, -0.25) is 0 Å². The number of rotatable bonds is 2. The number of hydrogen-bond donors (Lipinski definition) is 0. The van der Waals surface area contributed by atoms with Gasteiger partial charge in [0.1, 0.15) is 5.82 Å². The Morgan fingerprint density at radius 3 is 2.26 bits per heavy atom. The van der Waals surface area contributed by atoms with Crippen LogP contribution in [0.15, 0.2) is 52.9 Å². The van der Waals surface area contributed by atoms with E-state index >= 15 is 0 Å². The molecule has 0 bridgehead atoms. The first-order valence-electron chi connectivity index (χ1n) is 5.89. The molecular weight excluding hydrogens is 243 g/mol. The minimum Gasteiger partial charge on any atom is -0.416 e. The van der Waals surface area contributed by atoms with Crippen LogP contribution in [-0.4, -0.2) is 10.2 Å². The molecule has 3 rings (SSSR count). The summed E-state index contributed by atoms with van der Waals surface area (Å²) in [6.07, 6.45) is 0. The van der Waals surface area contributed by atoms with Crippen molar-refractivity contribution in [2.75, 3.05) is 0 Å². The van der Waals surface area contributed by atoms with Crippen LogP contribution in [0.25, 0.3) is 22.9 Å². The van der Waals surface area contributed by atoms with E-state index in [2.05, 4.69) is 10.2 Å². The van der Waals surface area contributed by atoms with Crippen LogP contribution in [0, 0.1) is 12.7 Å². The van der Waals surface area contributed by atoms with Gasteiger partial charge in [0.05, 0.1) is 0 Å². The van der Waals surface area contributed by atoms with Crippen molar-refractivity contribution >= 4 is 0 Å². The molecule has 0 atom stereocenters. The monoisotopic (exact) mass is 254 g/mol. The van der Waals surface area contributed by atoms with Crippen LogP contribution in [0.2, 0.25) is 0 Å². The van der Waals surface area contributed by atoms with Crippen molar-refractivity contribution in [2.24, 2.45) is 0 Å². The molecule has 94 valence electrons. The summed E-state index contributed by atoms with van der Waals surface area (Å²) in [5.74, 6) is 0.557. The quantitative estimate of drug-likeness (QED) is 0.697. The van der Waals surface area contributed by atoms with Crippen LogP contribution < -0.4 is 0 Å². The van der Waals surface area contributed by atoms with Gasteiger partial charge in [-0.05, 0) is 43.3 Å². The molecule has 0 saturated carbocycles.